The van der Waals surface area contributed by atoms with E-state index in [1.165, 1.54) is 13.0 Å². The second kappa shape index (κ2) is 3.17. The first-order valence-corrected chi connectivity index (χ1v) is 3.59. The molecule has 0 unspecified atom stereocenters. The van der Waals surface area contributed by atoms with E-state index >= 15 is 0 Å². The number of rotatable bonds is 2. The molecular formula is C4H5NO3S. The van der Waals surface area contributed by atoms with Gasteiger partial charge < -0.3 is 0 Å². The predicted octanol–water partition coefficient (Wildman–Crippen LogP) is 0.186. The maximum absolute atomic E-state index is 10.3. The number of isocyanates is 1. The highest BCUT2D eigenvalue weighted by Gasteiger charge is 1.97. The largest absolute Gasteiger partial charge is 0.285 e. The highest BCUT2D eigenvalue weighted by atomic mass is 32.2. The van der Waals surface area contributed by atoms with Crippen molar-refractivity contribution in [2.24, 2.45) is 4.40 Å². The third-order valence-electron chi connectivity index (χ3n) is 0.473. The molecule has 0 aliphatic carbocycles. The number of nitrogens with zero attached hydrogens (tertiary/aromatic N) is 1. The van der Waals surface area contributed by atoms with Crippen LogP contribution in [0.5, 0.6) is 0 Å². The Balaban J connectivity index is 4.62. The molecule has 0 radical (unpaired) electrons. The minimum atomic E-state index is -3.66. The average Bonchev–Trinajstić information content (AvgIpc) is 1.64. The van der Waals surface area contributed by atoms with Crippen molar-refractivity contribution < 1.29 is 13.2 Å². The van der Waals surface area contributed by atoms with E-state index in [2.05, 4.69) is 4.40 Å². The third-order valence-corrected chi connectivity index (χ3v) is 1.42. The van der Waals surface area contributed by atoms with Gasteiger partial charge in [0.15, 0.2) is 0 Å². The summed E-state index contributed by atoms with van der Waals surface area (Å²) in [4.78, 5) is 9.39. The topological polar surface area (TPSA) is 63.6 Å². The molecule has 0 spiro atoms. The molecule has 0 aliphatic rings. The Morgan fingerprint density at radius 3 is 2.44 bits per heavy atom. The molecule has 0 aromatic heterocycles. The Morgan fingerprint density at radius 2 is 2.11 bits per heavy atom. The summed E-state index contributed by atoms with van der Waals surface area (Å²) in [6.45, 7) is 1.51. The average molecular weight is 147 g/mol. The zero-order valence-electron chi connectivity index (χ0n) is 4.73. The van der Waals surface area contributed by atoms with Gasteiger partial charge in [-0.25, -0.2) is 4.79 Å². The second-order valence-electron chi connectivity index (χ2n) is 1.17. The maximum Gasteiger partial charge on any atom is 0.285 e. The number of hydrogen-bond donors (Lipinski definition) is 0. The van der Waals surface area contributed by atoms with Gasteiger partial charge in [-0.05, 0) is 6.92 Å². The van der Waals surface area contributed by atoms with Crippen LogP contribution in [0.15, 0.2) is 15.9 Å². The molecule has 0 amide bonds. The summed E-state index contributed by atoms with van der Waals surface area (Å²) in [5.41, 5.74) is 0. The van der Waals surface area contributed by atoms with E-state index in [4.69, 9.17) is 0 Å². The molecule has 0 saturated heterocycles. The third kappa shape index (κ3) is 3.64. The van der Waals surface area contributed by atoms with Gasteiger partial charge in [-0.15, -0.1) is 0 Å². The molecule has 50 valence electrons. The monoisotopic (exact) mass is 147 g/mol. The van der Waals surface area contributed by atoms with Crippen molar-refractivity contribution in [3.05, 3.63) is 11.5 Å². The van der Waals surface area contributed by atoms with Gasteiger partial charge in [0.1, 0.15) is 0 Å². The van der Waals surface area contributed by atoms with Crippen LogP contribution in [0.1, 0.15) is 6.92 Å². The Hall–Kier alpha value is -0.930. The second-order valence-corrected chi connectivity index (χ2v) is 2.65. The molecule has 0 aromatic carbocycles. The molecule has 0 saturated carbocycles. The lowest BCUT2D eigenvalue weighted by Crippen LogP contribution is -1.86. The van der Waals surface area contributed by atoms with Gasteiger partial charge in [0, 0.05) is 5.41 Å². The van der Waals surface area contributed by atoms with Crippen LogP contribution >= 0.6 is 0 Å². The lowest BCUT2D eigenvalue weighted by Gasteiger charge is -1.78. The Morgan fingerprint density at radius 1 is 1.56 bits per heavy atom. The molecule has 4 nitrogen and oxygen atoms in total. The smallest absolute Gasteiger partial charge is 0.210 e. The van der Waals surface area contributed by atoms with E-state index < -0.39 is 10.0 Å². The summed E-state index contributed by atoms with van der Waals surface area (Å²) in [5.74, 6) is 0. The summed E-state index contributed by atoms with van der Waals surface area (Å²) in [6.07, 6.45) is 2.20. The van der Waals surface area contributed by atoms with Crippen molar-refractivity contribution in [3.8, 4) is 0 Å². The molecule has 0 bridgehead atoms. The minimum absolute atomic E-state index is 0.817. The van der Waals surface area contributed by atoms with E-state index in [1.807, 2.05) is 0 Å². The van der Waals surface area contributed by atoms with Crippen LogP contribution in [0.2, 0.25) is 0 Å². The minimum Gasteiger partial charge on any atom is -0.210 e. The molecule has 9 heavy (non-hydrogen) atoms. The SMILES string of the molecule is C/C=C\S(=O)(=O)N=C=O. The van der Waals surface area contributed by atoms with Crippen LogP contribution in [0, 0.1) is 0 Å². The van der Waals surface area contributed by atoms with Gasteiger partial charge in [-0.3, -0.25) is 0 Å². The van der Waals surface area contributed by atoms with Gasteiger partial charge in [0.05, 0.1) is 0 Å². The van der Waals surface area contributed by atoms with E-state index in [9.17, 15) is 13.2 Å². The molecule has 0 fully saturated rings. The summed E-state index contributed by atoms with van der Waals surface area (Å²) >= 11 is 0. The van der Waals surface area contributed by atoms with Gasteiger partial charge in [-0.2, -0.15) is 8.42 Å². The number of hydrogen-bond acceptors (Lipinski definition) is 3. The van der Waals surface area contributed by atoms with E-state index in [0.717, 1.165) is 11.5 Å². The Bertz CT molecular complexity index is 245. The quantitative estimate of drug-likeness (QED) is 0.413. The van der Waals surface area contributed by atoms with Crippen molar-refractivity contribution in [1.29, 1.82) is 0 Å². The Kier molecular flexibility index (Phi) is 2.84. The molecular weight excluding hydrogens is 142 g/mol. The van der Waals surface area contributed by atoms with Crippen LogP contribution in [-0.4, -0.2) is 14.5 Å². The summed E-state index contributed by atoms with van der Waals surface area (Å²) in [7, 11) is -3.66. The van der Waals surface area contributed by atoms with Crippen molar-refractivity contribution in [3.63, 3.8) is 0 Å². The van der Waals surface area contributed by atoms with Gasteiger partial charge in [0.2, 0.25) is 0 Å². The van der Waals surface area contributed by atoms with Crippen molar-refractivity contribution in [1.82, 2.24) is 0 Å². The lowest BCUT2D eigenvalue weighted by molar-refractivity contribution is 0.564. The molecule has 0 heterocycles. The molecule has 0 aromatic rings. The number of allylic oxidation sites excluding steroid dienone is 1. The van der Waals surface area contributed by atoms with Crippen LogP contribution in [-0.2, 0) is 14.8 Å². The normalized spacial score (nSPS) is 11.2. The standard InChI is InChI=1S/C4H5NO3S/c1-2-3-9(7,8)5-4-6/h2-3H,1H3/b3-2-. The highest BCUT2D eigenvalue weighted by molar-refractivity contribution is 7.93. The summed E-state index contributed by atoms with van der Waals surface area (Å²) < 4.78 is 23.2. The summed E-state index contributed by atoms with van der Waals surface area (Å²) in [6, 6.07) is 0. The van der Waals surface area contributed by atoms with Gasteiger partial charge >= 0.3 is 0 Å². The van der Waals surface area contributed by atoms with Crippen LogP contribution in [0.4, 0.5) is 0 Å². The van der Waals surface area contributed by atoms with Crippen LogP contribution in [0.25, 0.3) is 0 Å². The fraction of sp³-hybridized carbons (Fsp3) is 0.250. The predicted molar refractivity (Wildman–Crippen MR) is 31.9 cm³/mol. The zero-order valence-corrected chi connectivity index (χ0v) is 5.55. The number of carbonyl (C=O) groups excluding carboxylic acids is 1. The first-order chi connectivity index (χ1) is 4.12. The first-order valence-electron chi connectivity index (χ1n) is 2.09. The number of sulfonamides is 1. The van der Waals surface area contributed by atoms with Crippen LogP contribution in [0.3, 0.4) is 0 Å². The van der Waals surface area contributed by atoms with Crippen molar-refractivity contribution >= 4 is 16.1 Å². The van der Waals surface area contributed by atoms with Crippen molar-refractivity contribution in [2.75, 3.05) is 0 Å². The lowest BCUT2D eigenvalue weighted by atomic mass is 10.8. The maximum atomic E-state index is 10.3. The van der Waals surface area contributed by atoms with E-state index in [1.54, 1.807) is 0 Å². The molecule has 0 rings (SSSR count). The molecule has 0 atom stereocenters. The summed E-state index contributed by atoms with van der Waals surface area (Å²) in [5, 5.41) is 0.817. The zero-order chi connectivity index (χ0) is 7.33. The van der Waals surface area contributed by atoms with E-state index in [0.29, 0.717) is 0 Å². The molecule has 5 heteroatoms. The van der Waals surface area contributed by atoms with E-state index in [-0.39, 0.29) is 0 Å². The van der Waals surface area contributed by atoms with Gasteiger partial charge in [0.25, 0.3) is 16.1 Å². The fourth-order valence-corrected chi connectivity index (χ4v) is 0.763. The highest BCUT2D eigenvalue weighted by Crippen LogP contribution is 1.90. The fourth-order valence-electron chi connectivity index (χ4n) is 0.254. The molecule has 0 N–H and O–H groups in total. The van der Waals surface area contributed by atoms with Crippen molar-refractivity contribution in [2.45, 2.75) is 6.92 Å². The first kappa shape index (κ1) is 8.07. The van der Waals surface area contributed by atoms with Gasteiger partial charge in [-0.1, -0.05) is 10.5 Å². The Labute approximate surface area is 53.0 Å². The van der Waals surface area contributed by atoms with Crippen LogP contribution < -0.4 is 0 Å². The molecule has 0 aliphatic heterocycles.